The highest BCUT2D eigenvalue weighted by Gasteiger charge is 2.32. The van der Waals surface area contributed by atoms with Gasteiger partial charge in [-0.2, -0.15) is 5.26 Å². The first kappa shape index (κ1) is 16.8. The molecule has 6 heteroatoms. The topological polar surface area (TPSA) is 71.6 Å². The molecule has 1 aliphatic heterocycles. The number of para-hydroxylation sites is 2. The van der Waals surface area contributed by atoms with Gasteiger partial charge in [0.05, 0.1) is 22.2 Å². The maximum Gasteiger partial charge on any atom is 0.157 e. The number of nitriles is 1. The Morgan fingerprint density at radius 3 is 2.85 bits per heavy atom. The van der Waals surface area contributed by atoms with Crippen molar-refractivity contribution in [1.82, 2.24) is 9.38 Å². The largest absolute Gasteiger partial charge is 0.381 e. The van der Waals surface area contributed by atoms with Gasteiger partial charge in [0, 0.05) is 39.7 Å². The van der Waals surface area contributed by atoms with Crippen LogP contribution >= 0.6 is 0 Å². The van der Waals surface area contributed by atoms with Crippen LogP contribution in [0.3, 0.4) is 0 Å². The molecule has 1 N–H and O–H groups in total. The van der Waals surface area contributed by atoms with E-state index in [1.807, 2.05) is 41.7 Å². The molecule has 1 saturated heterocycles. The monoisotopic (exact) mass is 350 g/mol. The molecule has 0 radical (unpaired) electrons. The van der Waals surface area contributed by atoms with Crippen molar-refractivity contribution in [1.29, 1.82) is 5.26 Å². The molecule has 134 valence electrons. The zero-order chi connectivity index (χ0) is 18.1. The van der Waals surface area contributed by atoms with Crippen LogP contribution in [-0.4, -0.2) is 41.9 Å². The number of nitrogens with zero attached hydrogens (tertiary/aromatic N) is 3. The number of hydrogen-bond donors (Lipinski definition) is 1. The van der Waals surface area contributed by atoms with Crippen LogP contribution in [0.15, 0.2) is 30.3 Å². The van der Waals surface area contributed by atoms with Crippen LogP contribution in [0.2, 0.25) is 0 Å². The Morgan fingerprint density at radius 2 is 2.12 bits per heavy atom. The molecule has 0 atom stereocenters. The molecule has 2 aromatic heterocycles. The Kier molecular flexibility index (Phi) is 4.27. The number of hydrogen-bond acceptors (Lipinski definition) is 5. The van der Waals surface area contributed by atoms with E-state index in [2.05, 4.69) is 16.4 Å². The molecule has 3 heterocycles. The quantitative estimate of drug-likeness (QED) is 0.782. The summed E-state index contributed by atoms with van der Waals surface area (Å²) < 4.78 is 13.4. The van der Waals surface area contributed by atoms with Gasteiger partial charge in [-0.1, -0.05) is 12.1 Å². The van der Waals surface area contributed by atoms with E-state index in [-0.39, 0.29) is 5.60 Å². The lowest BCUT2D eigenvalue weighted by Crippen LogP contribution is -2.44. The van der Waals surface area contributed by atoms with Crippen LogP contribution < -0.4 is 5.32 Å². The molecule has 0 spiro atoms. The number of aromatic nitrogens is 2. The number of ether oxygens (including phenoxy) is 2. The molecular weight excluding hydrogens is 328 g/mol. The maximum absolute atomic E-state index is 9.59. The van der Waals surface area contributed by atoms with Gasteiger partial charge in [-0.15, -0.1) is 0 Å². The van der Waals surface area contributed by atoms with Crippen LogP contribution in [0.25, 0.3) is 16.7 Å². The summed E-state index contributed by atoms with van der Waals surface area (Å²) in [7, 11) is 1.76. The van der Waals surface area contributed by atoms with E-state index in [1.54, 1.807) is 7.11 Å². The van der Waals surface area contributed by atoms with Gasteiger partial charge in [-0.05, 0) is 30.7 Å². The van der Waals surface area contributed by atoms with E-state index in [0.717, 1.165) is 35.3 Å². The minimum absolute atomic E-state index is 0.233. The van der Waals surface area contributed by atoms with Crippen molar-refractivity contribution in [3.63, 3.8) is 0 Å². The number of fused-ring (bicyclic) bond motifs is 3. The fourth-order valence-electron chi connectivity index (χ4n) is 3.67. The van der Waals surface area contributed by atoms with Crippen molar-refractivity contribution in [2.45, 2.75) is 25.4 Å². The Labute approximate surface area is 152 Å². The van der Waals surface area contributed by atoms with E-state index in [4.69, 9.17) is 9.47 Å². The summed E-state index contributed by atoms with van der Waals surface area (Å²) in [5, 5.41) is 13.1. The number of imidazole rings is 1. The van der Waals surface area contributed by atoms with Crippen molar-refractivity contribution in [2.75, 3.05) is 32.2 Å². The summed E-state index contributed by atoms with van der Waals surface area (Å²) in [5.74, 6) is 0.924. The van der Waals surface area contributed by atoms with Gasteiger partial charge in [0.1, 0.15) is 11.9 Å². The van der Waals surface area contributed by atoms with Crippen LogP contribution in [-0.2, 0) is 9.47 Å². The number of nitrogens with one attached hydrogen (secondary N) is 1. The molecule has 6 nitrogen and oxygen atoms in total. The highest BCUT2D eigenvalue weighted by atomic mass is 16.5. The van der Waals surface area contributed by atoms with E-state index < -0.39 is 0 Å². The molecule has 26 heavy (non-hydrogen) atoms. The number of anilines is 1. The fourth-order valence-corrected chi connectivity index (χ4v) is 3.67. The molecule has 4 rings (SSSR count). The molecule has 0 aliphatic carbocycles. The van der Waals surface area contributed by atoms with Gasteiger partial charge < -0.3 is 14.8 Å². The first-order valence-corrected chi connectivity index (χ1v) is 8.85. The lowest BCUT2D eigenvalue weighted by molar-refractivity contribution is -0.0807. The van der Waals surface area contributed by atoms with E-state index in [9.17, 15) is 5.26 Å². The lowest BCUT2D eigenvalue weighted by Gasteiger charge is -2.36. The number of pyridine rings is 1. The highest BCUT2D eigenvalue weighted by molar-refractivity contribution is 5.85. The summed E-state index contributed by atoms with van der Waals surface area (Å²) in [6, 6.07) is 12.3. The molecule has 0 saturated carbocycles. The normalized spacial score (nSPS) is 16.7. The van der Waals surface area contributed by atoms with Gasteiger partial charge in [0.2, 0.25) is 0 Å². The fraction of sp³-hybridized carbons (Fsp3) is 0.400. The van der Waals surface area contributed by atoms with E-state index >= 15 is 0 Å². The molecule has 0 unspecified atom stereocenters. The first-order valence-electron chi connectivity index (χ1n) is 8.85. The molecule has 0 amide bonds. The maximum atomic E-state index is 9.59. The predicted molar refractivity (Wildman–Crippen MR) is 100 cm³/mol. The third-order valence-electron chi connectivity index (χ3n) is 5.31. The van der Waals surface area contributed by atoms with Gasteiger partial charge in [-0.25, -0.2) is 4.98 Å². The summed E-state index contributed by atoms with van der Waals surface area (Å²) in [6.07, 6.45) is 1.72. The molecule has 1 fully saturated rings. The Hall–Kier alpha value is -2.62. The number of rotatable bonds is 4. The van der Waals surface area contributed by atoms with Crippen molar-refractivity contribution in [3.8, 4) is 6.07 Å². The summed E-state index contributed by atoms with van der Waals surface area (Å²) in [6.45, 7) is 4.06. The van der Waals surface area contributed by atoms with Crippen molar-refractivity contribution in [2.24, 2.45) is 0 Å². The second kappa shape index (κ2) is 6.60. The summed E-state index contributed by atoms with van der Waals surface area (Å²) >= 11 is 0. The number of methoxy groups -OCH3 is 1. The SMILES string of the molecule is COC1(CNc2cc(C)c(C#N)c3nc4ccccc4n23)CCOCC1. The van der Waals surface area contributed by atoms with Crippen molar-refractivity contribution in [3.05, 3.63) is 41.5 Å². The lowest BCUT2D eigenvalue weighted by atomic mass is 9.94. The minimum atomic E-state index is -0.233. The zero-order valence-corrected chi connectivity index (χ0v) is 15.1. The minimum Gasteiger partial charge on any atom is -0.381 e. The average Bonchev–Trinajstić information content (AvgIpc) is 3.06. The van der Waals surface area contributed by atoms with Crippen LogP contribution in [0.5, 0.6) is 0 Å². The molecular formula is C20H22N4O2. The van der Waals surface area contributed by atoms with Crippen molar-refractivity contribution >= 4 is 22.5 Å². The second-order valence-electron chi connectivity index (χ2n) is 6.81. The third-order valence-corrected chi connectivity index (χ3v) is 5.31. The number of benzene rings is 1. The standard InChI is InChI=1S/C20H22N4O2/c1-14-11-18(22-13-20(25-2)7-9-26-10-8-20)24-17-6-4-3-5-16(17)23-19(24)15(14)12-21/h3-6,11,22H,7-10,13H2,1-2H3. The third kappa shape index (κ3) is 2.70. The van der Waals surface area contributed by atoms with Crippen LogP contribution in [0.1, 0.15) is 24.0 Å². The van der Waals surface area contributed by atoms with Crippen LogP contribution in [0.4, 0.5) is 5.82 Å². The van der Waals surface area contributed by atoms with Gasteiger partial charge in [0.15, 0.2) is 5.65 Å². The van der Waals surface area contributed by atoms with E-state index in [1.165, 1.54) is 0 Å². The van der Waals surface area contributed by atoms with Crippen molar-refractivity contribution < 1.29 is 9.47 Å². The molecule has 0 bridgehead atoms. The summed E-state index contributed by atoms with van der Waals surface area (Å²) in [4.78, 5) is 4.69. The summed E-state index contributed by atoms with van der Waals surface area (Å²) in [5.41, 5.74) is 3.85. The molecule has 3 aromatic rings. The highest BCUT2D eigenvalue weighted by Crippen LogP contribution is 2.29. The average molecular weight is 350 g/mol. The van der Waals surface area contributed by atoms with E-state index in [0.29, 0.717) is 31.0 Å². The Morgan fingerprint density at radius 1 is 1.35 bits per heavy atom. The van der Waals surface area contributed by atoms with Gasteiger partial charge in [-0.3, -0.25) is 4.40 Å². The van der Waals surface area contributed by atoms with Gasteiger partial charge >= 0.3 is 0 Å². The van der Waals surface area contributed by atoms with Crippen LogP contribution in [0, 0.1) is 18.3 Å². The Bertz CT molecular complexity index is 996. The Balaban J connectivity index is 1.81. The smallest absolute Gasteiger partial charge is 0.157 e. The predicted octanol–water partition coefficient (Wildman–Crippen LogP) is 3.28. The van der Waals surface area contributed by atoms with Gasteiger partial charge in [0.25, 0.3) is 0 Å². The zero-order valence-electron chi connectivity index (χ0n) is 15.1. The number of aryl methyl sites for hydroxylation is 1. The molecule has 1 aliphatic rings. The molecule has 1 aromatic carbocycles. The first-order chi connectivity index (χ1) is 12.7. The second-order valence-corrected chi connectivity index (χ2v) is 6.81.